The number of benzene rings is 2. The van der Waals surface area contributed by atoms with Crippen LogP contribution in [0.5, 0.6) is 0 Å². The summed E-state index contributed by atoms with van der Waals surface area (Å²) in [6.45, 7) is 5.27. The van der Waals surface area contributed by atoms with Crippen molar-refractivity contribution in [1.82, 2.24) is 15.1 Å². The summed E-state index contributed by atoms with van der Waals surface area (Å²) >= 11 is 0. The first kappa shape index (κ1) is 21.3. The van der Waals surface area contributed by atoms with E-state index in [2.05, 4.69) is 10.2 Å². The molecule has 2 aromatic carbocycles. The zero-order valence-electron chi connectivity index (χ0n) is 17.7. The lowest BCUT2D eigenvalue weighted by Gasteiger charge is -2.35. The van der Waals surface area contributed by atoms with Gasteiger partial charge in [0.25, 0.3) is 5.91 Å². The first-order valence-corrected chi connectivity index (χ1v) is 11.0. The molecule has 164 valence electrons. The van der Waals surface area contributed by atoms with Gasteiger partial charge in [-0.05, 0) is 42.7 Å². The lowest BCUT2D eigenvalue weighted by molar-refractivity contribution is -0.122. The Hall–Kier alpha value is -2.93. The minimum atomic E-state index is -0.207. The highest BCUT2D eigenvalue weighted by Crippen LogP contribution is 2.20. The number of para-hydroxylation sites is 1. The van der Waals surface area contributed by atoms with E-state index in [0.29, 0.717) is 37.4 Å². The predicted molar refractivity (Wildman–Crippen MR) is 118 cm³/mol. The number of carbonyl (C=O) groups excluding carboxylic acids is 2. The molecule has 0 spiro atoms. The first-order valence-electron chi connectivity index (χ1n) is 11.0. The molecule has 6 nitrogen and oxygen atoms in total. The van der Waals surface area contributed by atoms with Crippen molar-refractivity contribution < 1.29 is 14.0 Å². The number of amides is 2. The van der Waals surface area contributed by atoms with E-state index in [1.807, 2.05) is 40.1 Å². The van der Waals surface area contributed by atoms with Crippen LogP contribution in [0.15, 0.2) is 48.5 Å². The van der Waals surface area contributed by atoms with Crippen molar-refractivity contribution in [3.8, 4) is 0 Å². The molecule has 0 radical (unpaired) electrons. The Balaban J connectivity index is 1.20. The van der Waals surface area contributed by atoms with E-state index in [9.17, 15) is 14.0 Å². The Labute approximate surface area is 182 Å². The van der Waals surface area contributed by atoms with Gasteiger partial charge in [-0.15, -0.1) is 0 Å². The summed E-state index contributed by atoms with van der Waals surface area (Å²) in [6.07, 6.45) is 2.15. The third-order valence-corrected chi connectivity index (χ3v) is 6.02. The molecule has 2 aliphatic heterocycles. The maximum atomic E-state index is 14.0. The maximum absolute atomic E-state index is 14.0. The number of nitrogens with one attached hydrogen (secondary N) is 1. The van der Waals surface area contributed by atoms with Gasteiger partial charge in [0.1, 0.15) is 5.82 Å². The van der Waals surface area contributed by atoms with Crippen LogP contribution in [0.4, 0.5) is 10.1 Å². The molecule has 7 heteroatoms. The van der Waals surface area contributed by atoms with Gasteiger partial charge in [-0.3, -0.25) is 14.5 Å². The summed E-state index contributed by atoms with van der Waals surface area (Å²) in [6, 6.07) is 14.3. The van der Waals surface area contributed by atoms with Crippen LogP contribution in [-0.2, 0) is 11.3 Å². The Bertz CT molecular complexity index is 904. The molecule has 0 bridgehead atoms. The van der Waals surface area contributed by atoms with E-state index in [4.69, 9.17) is 0 Å². The molecule has 0 saturated carbocycles. The quantitative estimate of drug-likeness (QED) is 0.774. The van der Waals surface area contributed by atoms with Crippen LogP contribution >= 0.6 is 0 Å². The molecule has 2 amide bonds. The second-order valence-corrected chi connectivity index (χ2v) is 8.19. The molecular weight excluding hydrogens is 395 g/mol. The Morgan fingerprint density at radius 1 is 0.871 bits per heavy atom. The number of halogens is 1. The average Bonchev–Trinajstić information content (AvgIpc) is 3.34. The van der Waals surface area contributed by atoms with E-state index in [1.54, 1.807) is 12.1 Å². The van der Waals surface area contributed by atoms with Crippen molar-refractivity contribution in [2.75, 3.05) is 50.7 Å². The monoisotopic (exact) mass is 424 g/mol. The predicted octanol–water partition coefficient (Wildman–Crippen LogP) is 2.50. The lowest BCUT2D eigenvalue weighted by Crippen LogP contribution is -2.49. The van der Waals surface area contributed by atoms with Gasteiger partial charge in [0.05, 0.1) is 12.2 Å². The highest BCUT2D eigenvalue weighted by Gasteiger charge is 2.21. The van der Waals surface area contributed by atoms with E-state index < -0.39 is 0 Å². The van der Waals surface area contributed by atoms with Crippen LogP contribution < -0.4 is 10.2 Å². The Morgan fingerprint density at radius 3 is 2.23 bits per heavy atom. The van der Waals surface area contributed by atoms with Crippen LogP contribution in [0, 0.1) is 5.82 Å². The van der Waals surface area contributed by atoms with Crippen LogP contribution in [0.25, 0.3) is 0 Å². The third-order valence-electron chi connectivity index (χ3n) is 6.02. The number of rotatable bonds is 6. The van der Waals surface area contributed by atoms with Crippen molar-refractivity contribution in [3.63, 3.8) is 0 Å². The minimum absolute atomic E-state index is 0.0310. The van der Waals surface area contributed by atoms with Crippen LogP contribution in [0.1, 0.15) is 28.8 Å². The summed E-state index contributed by atoms with van der Waals surface area (Å²) in [7, 11) is 0. The summed E-state index contributed by atoms with van der Waals surface area (Å²) < 4.78 is 14.0. The fourth-order valence-electron chi connectivity index (χ4n) is 4.18. The van der Waals surface area contributed by atoms with E-state index in [1.165, 1.54) is 6.07 Å². The highest BCUT2D eigenvalue weighted by atomic mass is 19.1. The molecule has 1 N–H and O–H groups in total. The largest absolute Gasteiger partial charge is 0.367 e. The number of carbonyl (C=O) groups is 2. The molecule has 0 atom stereocenters. The molecule has 0 aromatic heterocycles. The number of hydrogen-bond acceptors (Lipinski definition) is 4. The zero-order chi connectivity index (χ0) is 21.6. The fraction of sp³-hybridized carbons (Fsp3) is 0.417. The second kappa shape index (κ2) is 9.92. The topological polar surface area (TPSA) is 55.9 Å². The summed E-state index contributed by atoms with van der Waals surface area (Å²) in [4.78, 5) is 30.8. The summed E-state index contributed by atoms with van der Waals surface area (Å²) in [5, 5.41) is 2.95. The van der Waals surface area contributed by atoms with Crippen molar-refractivity contribution in [2.45, 2.75) is 19.4 Å². The van der Waals surface area contributed by atoms with Gasteiger partial charge in [-0.2, -0.15) is 0 Å². The molecule has 2 aromatic rings. The average molecular weight is 425 g/mol. The third kappa shape index (κ3) is 5.41. The van der Waals surface area contributed by atoms with E-state index in [0.717, 1.165) is 44.6 Å². The van der Waals surface area contributed by atoms with Gasteiger partial charge in [0.15, 0.2) is 0 Å². The van der Waals surface area contributed by atoms with Crippen molar-refractivity contribution >= 4 is 17.5 Å². The van der Waals surface area contributed by atoms with Crippen LogP contribution in [-0.4, -0.2) is 67.4 Å². The van der Waals surface area contributed by atoms with Gasteiger partial charge in [0, 0.05) is 51.4 Å². The molecule has 0 unspecified atom stereocenters. The smallest absolute Gasteiger partial charge is 0.253 e. The first-order chi connectivity index (χ1) is 15.1. The molecule has 0 aliphatic carbocycles. The number of hydrogen-bond donors (Lipinski definition) is 1. The number of likely N-dealkylation sites (tertiary alicyclic amines) is 1. The van der Waals surface area contributed by atoms with Crippen LogP contribution in [0.3, 0.4) is 0 Å². The molecule has 2 saturated heterocycles. The van der Waals surface area contributed by atoms with E-state index in [-0.39, 0.29) is 17.6 Å². The van der Waals surface area contributed by atoms with Gasteiger partial charge in [0.2, 0.25) is 5.91 Å². The molecule has 2 aliphatic rings. The van der Waals surface area contributed by atoms with Crippen LogP contribution in [0.2, 0.25) is 0 Å². The van der Waals surface area contributed by atoms with Gasteiger partial charge in [-0.25, -0.2) is 4.39 Å². The normalized spacial score (nSPS) is 17.1. The second-order valence-electron chi connectivity index (χ2n) is 8.19. The highest BCUT2D eigenvalue weighted by molar-refractivity contribution is 5.94. The van der Waals surface area contributed by atoms with Gasteiger partial charge >= 0.3 is 0 Å². The van der Waals surface area contributed by atoms with Gasteiger partial charge < -0.3 is 15.1 Å². The van der Waals surface area contributed by atoms with Crippen molar-refractivity contribution in [1.29, 1.82) is 0 Å². The van der Waals surface area contributed by atoms with Gasteiger partial charge in [-0.1, -0.05) is 24.3 Å². The number of anilines is 1. The molecular formula is C24H29FN4O2. The summed E-state index contributed by atoms with van der Waals surface area (Å²) in [5.41, 5.74) is 2.29. The minimum Gasteiger partial charge on any atom is -0.367 e. The van der Waals surface area contributed by atoms with Crippen molar-refractivity contribution in [3.05, 3.63) is 65.5 Å². The standard InChI is InChI=1S/C24H29FN4O2/c25-21-5-1-2-6-22(21)28-15-13-27(14-16-28)18-23(30)26-17-19-7-9-20(10-8-19)24(31)29-11-3-4-12-29/h1-2,5-10H,3-4,11-18H2,(H,26,30). The van der Waals surface area contributed by atoms with E-state index >= 15 is 0 Å². The molecule has 4 rings (SSSR count). The summed E-state index contributed by atoms with van der Waals surface area (Å²) in [5.74, 6) is -0.152. The molecule has 2 fully saturated rings. The lowest BCUT2D eigenvalue weighted by atomic mass is 10.1. The molecule has 31 heavy (non-hydrogen) atoms. The van der Waals surface area contributed by atoms with Crippen molar-refractivity contribution in [2.24, 2.45) is 0 Å². The molecule has 2 heterocycles. The SMILES string of the molecule is O=C(CN1CCN(c2ccccc2F)CC1)NCc1ccc(C(=O)N2CCCC2)cc1. The number of piperazine rings is 1. The zero-order valence-corrected chi connectivity index (χ0v) is 17.7. The fourth-order valence-corrected chi connectivity index (χ4v) is 4.18. The maximum Gasteiger partial charge on any atom is 0.253 e. The Morgan fingerprint density at radius 2 is 1.55 bits per heavy atom. The Kier molecular flexibility index (Phi) is 6.82. The number of nitrogens with zero attached hydrogens (tertiary/aromatic N) is 3.